The maximum absolute atomic E-state index is 12.2. The highest BCUT2D eigenvalue weighted by atomic mass is 16.5. The Hall–Kier alpha value is -1.19. The molecule has 0 aliphatic heterocycles. The van der Waals surface area contributed by atoms with E-state index in [9.17, 15) is 4.79 Å². The molecule has 0 N–H and O–H groups in total. The second-order valence-electron chi connectivity index (χ2n) is 7.61. The molecule has 0 radical (unpaired) electrons. The fourth-order valence-electron chi connectivity index (χ4n) is 3.70. The normalized spacial score (nSPS) is 23.5. The van der Waals surface area contributed by atoms with Crippen molar-refractivity contribution in [3.63, 3.8) is 0 Å². The molecule has 0 unspecified atom stereocenters. The van der Waals surface area contributed by atoms with Crippen molar-refractivity contribution >= 4 is 5.78 Å². The molecule has 1 aromatic rings. The fourth-order valence-corrected chi connectivity index (χ4v) is 3.70. The lowest BCUT2D eigenvalue weighted by atomic mass is 9.73. The van der Waals surface area contributed by atoms with E-state index in [-0.39, 0.29) is 11.7 Å². The van der Waals surface area contributed by atoms with E-state index in [2.05, 4.69) is 24.0 Å². The van der Waals surface area contributed by atoms with Crippen LogP contribution in [0.4, 0.5) is 0 Å². The van der Waals surface area contributed by atoms with Gasteiger partial charge in [-0.2, -0.15) is 4.98 Å². The van der Waals surface area contributed by atoms with Crippen molar-refractivity contribution in [3.8, 4) is 0 Å². The molecule has 2 fully saturated rings. The number of Topliss-reactive ketones (excluding diaryl/α,β-unsaturated/α-hetero) is 1. The standard InChI is InChI=1S/C17H26N2O2/c1-17(2)9-7-13(8-10-17)16-18-15(21-19-16)11-14(20)12-5-3-4-6-12/h12-13H,3-11H2,1-2H3. The number of rotatable bonds is 4. The lowest BCUT2D eigenvalue weighted by Crippen LogP contribution is -2.20. The molecule has 1 aromatic heterocycles. The molecule has 0 aromatic carbocycles. The van der Waals surface area contributed by atoms with Crippen LogP contribution in [0, 0.1) is 11.3 Å². The molecule has 0 amide bonds. The van der Waals surface area contributed by atoms with Crippen LogP contribution in [0.25, 0.3) is 0 Å². The number of nitrogens with zero attached hydrogens (tertiary/aromatic N) is 2. The zero-order chi connectivity index (χ0) is 14.9. The topological polar surface area (TPSA) is 56.0 Å². The lowest BCUT2D eigenvalue weighted by Gasteiger charge is -2.32. The van der Waals surface area contributed by atoms with Gasteiger partial charge in [-0.15, -0.1) is 0 Å². The van der Waals surface area contributed by atoms with Crippen LogP contribution in [0.15, 0.2) is 4.52 Å². The van der Waals surface area contributed by atoms with E-state index in [1.165, 1.54) is 25.7 Å². The SMILES string of the molecule is CC1(C)CCC(c2noc(CC(=O)C3CCCC3)n2)CC1. The first-order valence-electron chi connectivity index (χ1n) is 8.39. The first-order chi connectivity index (χ1) is 10.0. The van der Waals surface area contributed by atoms with Crippen molar-refractivity contribution in [1.82, 2.24) is 10.1 Å². The predicted octanol–water partition coefficient (Wildman–Crippen LogP) is 4.06. The Morgan fingerprint density at radius 3 is 2.52 bits per heavy atom. The molecule has 116 valence electrons. The molecule has 4 heteroatoms. The Morgan fingerprint density at radius 1 is 1.19 bits per heavy atom. The van der Waals surface area contributed by atoms with Gasteiger partial charge in [0, 0.05) is 11.8 Å². The summed E-state index contributed by atoms with van der Waals surface area (Å²) in [5.41, 5.74) is 0.446. The molecule has 0 saturated heterocycles. The summed E-state index contributed by atoms with van der Waals surface area (Å²) >= 11 is 0. The summed E-state index contributed by atoms with van der Waals surface area (Å²) < 4.78 is 5.32. The van der Waals surface area contributed by atoms with Gasteiger partial charge in [-0.1, -0.05) is 31.8 Å². The summed E-state index contributed by atoms with van der Waals surface area (Å²) in [4.78, 5) is 16.7. The van der Waals surface area contributed by atoms with Gasteiger partial charge in [0.2, 0.25) is 5.89 Å². The number of carbonyl (C=O) groups excluding carboxylic acids is 1. The summed E-state index contributed by atoms with van der Waals surface area (Å²) in [6.45, 7) is 4.65. The minimum absolute atomic E-state index is 0.232. The second-order valence-corrected chi connectivity index (χ2v) is 7.61. The maximum atomic E-state index is 12.2. The molecular weight excluding hydrogens is 264 g/mol. The maximum Gasteiger partial charge on any atom is 0.234 e. The summed E-state index contributed by atoms with van der Waals surface area (Å²) in [6.07, 6.45) is 9.45. The Kier molecular flexibility index (Phi) is 4.14. The smallest absolute Gasteiger partial charge is 0.234 e. The van der Waals surface area contributed by atoms with Gasteiger partial charge in [0.05, 0.1) is 6.42 Å². The monoisotopic (exact) mass is 290 g/mol. The number of aromatic nitrogens is 2. The van der Waals surface area contributed by atoms with Crippen molar-refractivity contribution < 1.29 is 9.32 Å². The number of hydrogen-bond donors (Lipinski definition) is 0. The minimum atomic E-state index is 0.232. The molecule has 2 aliphatic rings. The van der Waals surface area contributed by atoms with Crippen molar-refractivity contribution in [2.45, 2.75) is 77.6 Å². The van der Waals surface area contributed by atoms with Crippen LogP contribution < -0.4 is 0 Å². The van der Waals surface area contributed by atoms with Gasteiger partial charge in [-0.3, -0.25) is 4.79 Å². The van der Waals surface area contributed by atoms with Gasteiger partial charge in [0.25, 0.3) is 0 Å². The quantitative estimate of drug-likeness (QED) is 0.839. The molecule has 4 nitrogen and oxygen atoms in total. The highest BCUT2D eigenvalue weighted by molar-refractivity contribution is 5.82. The van der Waals surface area contributed by atoms with Crippen LogP contribution in [0.3, 0.4) is 0 Å². The summed E-state index contributed by atoms with van der Waals surface area (Å²) in [6, 6.07) is 0. The number of hydrogen-bond acceptors (Lipinski definition) is 4. The third-order valence-corrected chi connectivity index (χ3v) is 5.32. The molecule has 1 heterocycles. The van der Waals surface area contributed by atoms with E-state index in [1.54, 1.807) is 0 Å². The first kappa shape index (κ1) is 14.7. The molecule has 2 saturated carbocycles. The Morgan fingerprint density at radius 2 is 1.86 bits per heavy atom. The van der Waals surface area contributed by atoms with E-state index in [1.807, 2.05) is 0 Å². The van der Waals surface area contributed by atoms with E-state index < -0.39 is 0 Å². The Balaban J connectivity index is 1.57. The van der Waals surface area contributed by atoms with Gasteiger partial charge in [-0.05, 0) is 43.9 Å². The van der Waals surface area contributed by atoms with Gasteiger partial charge >= 0.3 is 0 Å². The molecule has 0 spiro atoms. The molecule has 3 rings (SSSR count). The minimum Gasteiger partial charge on any atom is -0.339 e. The first-order valence-corrected chi connectivity index (χ1v) is 8.39. The van der Waals surface area contributed by atoms with E-state index in [0.29, 0.717) is 23.6 Å². The Bertz CT molecular complexity index is 491. The molecular formula is C17H26N2O2. The van der Waals surface area contributed by atoms with E-state index >= 15 is 0 Å². The predicted molar refractivity (Wildman–Crippen MR) is 80.0 cm³/mol. The lowest BCUT2D eigenvalue weighted by molar-refractivity contribution is -0.122. The third-order valence-electron chi connectivity index (χ3n) is 5.32. The number of carbonyl (C=O) groups is 1. The Labute approximate surface area is 126 Å². The van der Waals surface area contributed by atoms with Crippen molar-refractivity contribution in [2.24, 2.45) is 11.3 Å². The van der Waals surface area contributed by atoms with Gasteiger partial charge in [0.15, 0.2) is 5.82 Å². The zero-order valence-electron chi connectivity index (χ0n) is 13.2. The fraction of sp³-hybridized carbons (Fsp3) is 0.824. The molecule has 0 bridgehead atoms. The number of ketones is 1. The van der Waals surface area contributed by atoms with Gasteiger partial charge in [0.1, 0.15) is 5.78 Å². The average molecular weight is 290 g/mol. The van der Waals surface area contributed by atoms with Crippen LogP contribution in [-0.2, 0) is 11.2 Å². The van der Waals surface area contributed by atoms with Gasteiger partial charge < -0.3 is 4.52 Å². The largest absolute Gasteiger partial charge is 0.339 e. The van der Waals surface area contributed by atoms with Crippen LogP contribution in [0.2, 0.25) is 0 Å². The average Bonchev–Trinajstić information content (AvgIpc) is 3.09. The van der Waals surface area contributed by atoms with E-state index in [0.717, 1.165) is 31.5 Å². The summed E-state index contributed by atoms with van der Waals surface area (Å²) in [5.74, 6) is 2.27. The highest BCUT2D eigenvalue weighted by Crippen LogP contribution is 2.41. The molecule has 0 atom stereocenters. The van der Waals surface area contributed by atoms with Gasteiger partial charge in [-0.25, -0.2) is 0 Å². The second kappa shape index (κ2) is 5.90. The van der Waals surface area contributed by atoms with Crippen LogP contribution in [0.1, 0.15) is 82.8 Å². The van der Waals surface area contributed by atoms with E-state index in [4.69, 9.17) is 4.52 Å². The molecule has 21 heavy (non-hydrogen) atoms. The summed E-state index contributed by atoms with van der Waals surface area (Å²) in [7, 11) is 0. The van der Waals surface area contributed by atoms with Crippen molar-refractivity contribution in [3.05, 3.63) is 11.7 Å². The van der Waals surface area contributed by atoms with Crippen LogP contribution in [0.5, 0.6) is 0 Å². The van der Waals surface area contributed by atoms with Crippen LogP contribution in [-0.4, -0.2) is 15.9 Å². The summed E-state index contributed by atoms with van der Waals surface area (Å²) in [5, 5.41) is 4.13. The zero-order valence-corrected chi connectivity index (χ0v) is 13.2. The van der Waals surface area contributed by atoms with Crippen LogP contribution >= 0.6 is 0 Å². The van der Waals surface area contributed by atoms with Crippen molar-refractivity contribution in [2.75, 3.05) is 0 Å². The highest BCUT2D eigenvalue weighted by Gasteiger charge is 2.30. The third kappa shape index (κ3) is 3.53. The van der Waals surface area contributed by atoms with Crippen molar-refractivity contribution in [1.29, 1.82) is 0 Å². The molecule has 2 aliphatic carbocycles.